The van der Waals surface area contributed by atoms with E-state index in [4.69, 9.17) is 4.42 Å². The summed E-state index contributed by atoms with van der Waals surface area (Å²) in [7, 11) is 0. The molecule has 4 aromatic rings. The molecule has 0 aliphatic rings. The van der Waals surface area contributed by atoms with Gasteiger partial charge in [0.2, 0.25) is 11.7 Å². The zero-order valence-corrected chi connectivity index (χ0v) is 12.0. The largest absolute Gasteiger partial charge is 0.439 e. The van der Waals surface area contributed by atoms with Crippen LogP contribution in [0.25, 0.3) is 22.0 Å². The van der Waals surface area contributed by atoms with Crippen LogP contribution in [-0.2, 0) is 0 Å². The van der Waals surface area contributed by atoms with Gasteiger partial charge in [-0.2, -0.15) is 5.26 Å². The van der Waals surface area contributed by atoms with Gasteiger partial charge in [-0.05, 0) is 24.3 Å². The Kier molecular flexibility index (Phi) is 2.95. The van der Waals surface area contributed by atoms with Gasteiger partial charge in [0.25, 0.3) is 0 Å². The molecule has 2 aromatic carbocycles. The average Bonchev–Trinajstić information content (AvgIpc) is 3.19. The number of ketones is 1. The Labute approximate surface area is 131 Å². The fraction of sp³-hybridized carbons (Fsp3) is 0.0556. The van der Waals surface area contributed by atoms with E-state index >= 15 is 0 Å². The summed E-state index contributed by atoms with van der Waals surface area (Å²) in [4.78, 5) is 20.0. The molecule has 0 aliphatic carbocycles. The van der Waals surface area contributed by atoms with Crippen molar-refractivity contribution in [3.05, 3.63) is 66.2 Å². The summed E-state index contributed by atoms with van der Waals surface area (Å²) in [5.41, 5.74) is 2.42. The number of benzene rings is 2. The number of Topliss-reactive ketones (excluding diaryl/α,β-unsaturated/α-hetero) is 1. The molecule has 0 fully saturated rings. The van der Waals surface area contributed by atoms with Gasteiger partial charge in [0.1, 0.15) is 5.52 Å². The normalized spacial score (nSPS) is 12.3. The molecule has 0 saturated carbocycles. The monoisotopic (exact) mass is 301 g/mol. The number of H-pyrrole nitrogens is 1. The van der Waals surface area contributed by atoms with Crippen LogP contribution in [0.1, 0.15) is 22.3 Å². The molecule has 5 nitrogen and oxygen atoms in total. The molecule has 0 spiro atoms. The van der Waals surface area contributed by atoms with E-state index in [1.54, 1.807) is 18.2 Å². The van der Waals surface area contributed by atoms with E-state index in [1.807, 2.05) is 42.5 Å². The highest BCUT2D eigenvalue weighted by Gasteiger charge is 2.28. The van der Waals surface area contributed by atoms with E-state index < -0.39 is 5.92 Å². The van der Waals surface area contributed by atoms with Crippen LogP contribution >= 0.6 is 0 Å². The van der Waals surface area contributed by atoms with Gasteiger partial charge in [-0.3, -0.25) is 4.79 Å². The Morgan fingerprint density at radius 3 is 2.74 bits per heavy atom. The molecule has 1 atom stereocenters. The van der Waals surface area contributed by atoms with Gasteiger partial charge >= 0.3 is 0 Å². The molecular weight excluding hydrogens is 290 g/mol. The standard InChI is InChI=1S/C18H11N3O2/c19-10-12(18-21-14-7-3-4-8-16(14)23-18)17(22)15-9-11-5-1-2-6-13(11)20-15/h1-9,12,20H/t12-/m0/s1. The zero-order valence-electron chi connectivity index (χ0n) is 12.0. The summed E-state index contributed by atoms with van der Waals surface area (Å²) >= 11 is 0. The number of aromatic nitrogens is 2. The van der Waals surface area contributed by atoms with E-state index in [-0.39, 0.29) is 11.7 Å². The Hall–Kier alpha value is -3.39. The van der Waals surface area contributed by atoms with Crippen molar-refractivity contribution in [2.75, 3.05) is 0 Å². The summed E-state index contributed by atoms with van der Waals surface area (Å²) < 4.78 is 5.57. The van der Waals surface area contributed by atoms with E-state index in [1.165, 1.54) is 0 Å². The second kappa shape index (κ2) is 5.11. The molecule has 0 unspecified atom stereocenters. The summed E-state index contributed by atoms with van der Waals surface area (Å²) in [5.74, 6) is -1.30. The first-order valence-corrected chi connectivity index (χ1v) is 7.13. The van der Waals surface area contributed by atoms with Gasteiger partial charge in [-0.1, -0.05) is 30.3 Å². The minimum atomic E-state index is -1.07. The Morgan fingerprint density at radius 1 is 1.17 bits per heavy atom. The Balaban J connectivity index is 1.76. The third-order valence-electron chi connectivity index (χ3n) is 3.74. The lowest BCUT2D eigenvalue weighted by Crippen LogP contribution is -2.12. The van der Waals surface area contributed by atoms with Crippen LogP contribution in [0.3, 0.4) is 0 Å². The van der Waals surface area contributed by atoms with E-state index in [2.05, 4.69) is 9.97 Å². The summed E-state index contributed by atoms with van der Waals surface area (Å²) in [6.07, 6.45) is 0. The maximum Gasteiger partial charge on any atom is 0.220 e. The minimum Gasteiger partial charge on any atom is -0.439 e. The Morgan fingerprint density at radius 2 is 1.96 bits per heavy atom. The lowest BCUT2D eigenvalue weighted by molar-refractivity contribution is 0.0966. The summed E-state index contributed by atoms with van der Waals surface area (Å²) in [6, 6.07) is 18.5. The maximum absolute atomic E-state index is 12.7. The van der Waals surface area contributed by atoms with E-state index in [9.17, 15) is 10.1 Å². The first-order chi connectivity index (χ1) is 11.3. The van der Waals surface area contributed by atoms with Crippen molar-refractivity contribution in [2.24, 2.45) is 0 Å². The number of nitrogens with zero attached hydrogens (tertiary/aromatic N) is 2. The fourth-order valence-electron chi connectivity index (χ4n) is 2.60. The van der Waals surface area contributed by atoms with Gasteiger partial charge < -0.3 is 9.40 Å². The van der Waals surface area contributed by atoms with Crippen LogP contribution in [0, 0.1) is 11.3 Å². The number of nitriles is 1. The molecule has 0 aliphatic heterocycles. The molecule has 0 saturated heterocycles. The highest BCUT2D eigenvalue weighted by atomic mass is 16.3. The molecule has 4 rings (SSSR count). The molecule has 5 heteroatoms. The van der Waals surface area contributed by atoms with Crippen LogP contribution in [0.2, 0.25) is 0 Å². The van der Waals surface area contributed by atoms with Crippen molar-refractivity contribution < 1.29 is 9.21 Å². The zero-order chi connectivity index (χ0) is 15.8. The first-order valence-electron chi connectivity index (χ1n) is 7.13. The van der Waals surface area contributed by atoms with Crippen molar-refractivity contribution >= 4 is 27.8 Å². The third kappa shape index (κ3) is 2.17. The second-order valence-corrected chi connectivity index (χ2v) is 5.22. The van der Waals surface area contributed by atoms with E-state index in [0.717, 1.165) is 10.9 Å². The summed E-state index contributed by atoms with van der Waals surface area (Å²) in [5, 5.41) is 10.3. The predicted molar refractivity (Wildman–Crippen MR) is 85.0 cm³/mol. The molecule has 0 radical (unpaired) electrons. The molecule has 0 bridgehead atoms. The van der Waals surface area contributed by atoms with Crippen LogP contribution in [-0.4, -0.2) is 15.8 Å². The predicted octanol–water partition coefficient (Wildman–Crippen LogP) is 3.80. The van der Waals surface area contributed by atoms with Crippen molar-refractivity contribution in [2.45, 2.75) is 5.92 Å². The Bertz CT molecular complexity index is 1000. The number of hydrogen-bond acceptors (Lipinski definition) is 4. The number of aromatic amines is 1. The molecule has 2 aromatic heterocycles. The maximum atomic E-state index is 12.7. The number of carbonyl (C=O) groups is 1. The van der Waals surface area contributed by atoms with Gasteiger partial charge in [0.15, 0.2) is 11.5 Å². The number of hydrogen-bond donors (Lipinski definition) is 1. The van der Waals surface area contributed by atoms with Crippen LogP contribution in [0.5, 0.6) is 0 Å². The van der Waals surface area contributed by atoms with Crippen molar-refractivity contribution in [1.29, 1.82) is 5.26 Å². The molecule has 0 amide bonds. The number of oxazole rings is 1. The van der Waals surface area contributed by atoms with Crippen molar-refractivity contribution in [1.82, 2.24) is 9.97 Å². The van der Waals surface area contributed by atoms with Crippen LogP contribution < -0.4 is 0 Å². The van der Waals surface area contributed by atoms with Crippen LogP contribution in [0.15, 0.2) is 59.0 Å². The highest BCUT2D eigenvalue weighted by Crippen LogP contribution is 2.25. The number of nitrogens with one attached hydrogen (secondary N) is 1. The van der Waals surface area contributed by atoms with Crippen molar-refractivity contribution in [3.8, 4) is 6.07 Å². The van der Waals surface area contributed by atoms with E-state index in [0.29, 0.717) is 16.8 Å². The second-order valence-electron chi connectivity index (χ2n) is 5.22. The average molecular weight is 301 g/mol. The third-order valence-corrected chi connectivity index (χ3v) is 3.74. The first kappa shape index (κ1) is 13.3. The number of rotatable bonds is 3. The topological polar surface area (TPSA) is 82.7 Å². The van der Waals surface area contributed by atoms with Gasteiger partial charge in [0, 0.05) is 10.9 Å². The van der Waals surface area contributed by atoms with Crippen molar-refractivity contribution in [3.63, 3.8) is 0 Å². The van der Waals surface area contributed by atoms with Gasteiger partial charge in [-0.15, -0.1) is 0 Å². The molecule has 1 N–H and O–H groups in total. The van der Waals surface area contributed by atoms with Crippen LogP contribution in [0.4, 0.5) is 0 Å². The molecule has 110 valence electrons. The number of fused-ring (bicyclic) bond motifs is 2. The summed E-state index contributed by atoms with van der Waals surface area (Å²) in [6.45, 7) is 0. The molecule has 23 heavy (non-hydrogen) atoms. The smallest absolute Gasteiger partial charge is 0.220 e. The molecule has 2 heterocycles. The molecular formula is C18H11N3O2. The lowest BCUT2D eigenvalue weighted by atomic mass is 10.0. The quantitative estimate of drug-likeness (QED) is 0.583. The number of carbonyl (C=O) groups excluding carboxylic acids is 1. The SMILES string of the molecule is N#C[C@@H](C(=O)c1cc2ccccc2[nH]1)c1nc2ccccc2o1. The van der Waals surface area contributed by atoms with Gasteiger partial charge in [0.05, 0.1) is 11.8 Å². The number of para-hydroxylation sites is 3. The highest BCUT2D eigenvalue weighted by molar-refractivity contribution is 6.04. The fourth-order valence-corrected chi connectivity index (χ4v) is 2.60. The lowest BCUT2D eigenvalue weighted by Gasteiger charge is -2.01. The minimum absolute atomic E-state index is 0.123. The van der Waals surface area contributed by atoms with Gasteiger partial charge in [-0.25, -0.2) is 4.98 Å².